The number of carbonyl (C=O) groups excluding carboxylic acids is 2. The predicted octanol–water partition coefficient (Wildman–Crippen LogP) is -0.683. The number of carboxylic acids is 1. The summed E-state index contributed by atoms with van der Waals surface area (Å²) in [5, 5.41) is 12.8. The van der Waals surface area contributed by atoms with E-state index in [9.17, 15) is 14.4 Å². The van der Waals surface area contributed by atoms with Gasteiger partial charge < -0.3 is 10.8 Å². The van der Waals surface area contributed by atoms with E-state index in [1.807, 2.05) is 5.32 Å². The van der Waals surface area contributed by atoms with Gasteiger partial charge >= 0.3 is 12.0 Å². The Bertz CT molecular complexity index is 464. The lowest BCUT2D eigenvalue weighted by molar-refractivity contribution is -0.138. The highest BCUT2D eigenvalue weighted by Crippen LogP contribution is 1.98. The molecule has 1 aromatic heterocycles. The van der Waals surface area contributed by atoms with Crippen molar-refractivity contribution < 1.29 is 19.5 Å². The molecule has 1 heterocycles. The predicted molar refractivity (Wildman–Crippen MR) is 64.0 cm³/mol. The second kappa shape index (κ2) is 7.01. The lowest BCUT2D eigenvalue weighted by Crippen LogP contribution is -2.37. The van der Waals surface area contributed by atoms with Gasteiger partial charge in [-0.25, -0.2) is 9.78 Å². The highest BCUT2D eigenvalue weighted by atomic mass is 16.4. The third kappa shape index (κ3) is 5.55. The van der Waals surface area contributed by atoms with Gasteiger partial charge in [-0.05, 0) is 6.42 Å². The van der Waals surface area contributed by atoms with Crippen molar-refractivity contribution in [2.24, 2.45) is 5.73 Å². The summed E-state index contributed by atoms with van der Waals surface area (Å²) in [6.07, 6.45) is 3.90. The van der Waals surface area contributed by atoms with E-state index in [1.54, 1.807) is 0 Å². The van der Waals surface area contributed by atoms with Gasteiger partial charge in [-0.1, -0.05) is 0 Å². The zero-order valence-electron chi connectivity index (χ0n) is 9.87. The Kier molecular flexibility index (Phi) is 5.35. The van der Waals surface area contributed by atoms with Crippen molar-refractivity contribution in [2.45, 2.75) is 18.9 Å². The van der Waals surface area contributed by atoms with Crippen molar-refractivity contribution in [3.8, 4) is 0 Å². The van der Waals surface area contributed by atoms with Crippen LogP contribution in [0.2, 0.25) is 0 Å². The second-order valence-electron chi connectivity index (χ2n) is 3.58. The molecule has 1 rings (SSSR count). The SMILES string of the molecule is NC(CCC(=O)NC(=O)Nc1cnccn1)C(=O)O. The number of hydrogen-bond acceptors (Lipinski definition) is 6. The topological polar surface area (TPSA) is 147 Å². The van der Waals surface area contributed by atoms with E-state index in [4.69, 9.17) is 10.8 Å². The van der Waals surface area contributed by atoms with Crippen LogP contribution >= 0.6 is 0 Å². The van der Waals surface area contributed by atoms with Gasteiger partial charge in [0, 0.05) is 18.8 Å². The van der Waals surface area contributed by atoms with Crippen LogP contribution in [0.25, 0.3) is 0 Å². The minimum atomic E-state index is -1.20. The Morgan fingerprint density at radius 3 is 2.68 bits per heavy atom. The van der Waals surface area contributed by atoms with E-state index in [0.717, 1.165) is 0 Å². The van der Waals surface area contributed by atoms with Crippen LogP contribution in [0.3, 0.4) is 0 Å². The third-order valence-electron chi connectivity index (χ3n) is 2.06. The fourth-order valence-electron chi connectivity index (χ4n) is 1.11. The Morgan fingerprint density at radius 2 is 2.11 bits per heavy atom. The average Bonchev–Trinajstić information content (AvgIpc) is 2.36. The van der Waals surface area contributed by atoms with Crippen LogP contribution in [-0.2, 0) is 9.59 Å². The maximum absolute atomic E-state index is 11.3. The van der Waals surface area contributed by atoms with Crippen LogP contribution < -0.4 is 16.4 Å². The largest absolute Gasteiger partial charge is 0.480 e. The highest BCUT2D eigenvalue weighted by molar-refractivity contribution is 6.00. The van der Waals surface area contributed by atoms with Gasteiger partial charge in [-0.15, -0.1) is 0 Å². The Morgan fingerprint density at radius 1 is 1.37 bits per heavy atom. The van der Waals surface area contributed by atoms with E-state index >= 15 is 0 Å². The summed E-state index contributed by atoms with van der Waals surface area (Å²) in [6.45, 7) is 0. The molecule has 9 heteroatoms. The van der Waals surface area contributed by atoms with Gasteiger partial charge in [0.05, 0.1) is 6.20 Å². The van der Waals surface area contributed by atoms with Crippen molar-refractivity contribution in [3.05, 3.63) is 18.6 Å². The first kappa shape index (κ1) is 14.5. The number of urea groups is 1. The summed E-state index contributed by atoms with van der Waals surface area (Å²) >= 11 is 0. The van der Waals surface area contributed by atoms with E-state index in [0.29, 0.717) is 0 Å². The number of nitrogens with one attached hydrogen (secondary N) is 2. The first-order valence-electron chi connectivity index (χ1n) is 5.34. The van der Waals surface area contributed by atoms with Crippen LogP contribution in [0.15, 0.2) is 18.6 Å². The first-order chi connectivity index (χ1) is 8.99. The Labute approximate surface area is 108 Å². The first-order valence-corrected chi connectivity index (χ1v) is 5.34. The number of aliphatic carboxylic acids is 1. The number of nitrogens with zero attached hydrogens (tertiary/aromatic N) is 2. The standard InChI is InChI=1S/C10H13N5O4/c11-6(9(17)18)1-2-8(16)15-10(19)14-7-5-12-3-4-13-7/h3-6H,1-2,11H2,(H,17,18)(H2,13,14,15,16,19). The molecule has 1 atom stereocenters. The molecule has 0 fully saturated rings. The van der Waals surface area contributed by atoms with E-state index in [2.05, 4.69) is 15.3 Å². The zero-order valence-corrected chi connectivity index (χ0v) is 9.87. The summed E-state index contributed by atoms with van der Waals surface area (Å²) in [6, 6.07) is -1.90. The minimum absolute atomic E-state index is 0.0560. The summed E-state index contributed by atoms with van der Waals surface area (Å²) in [4.78, 5) is 40.6. The molecule has 19 heavy (non-hydrogen) atoms. The summed E-state index contributed by atoms with van der Waals surface area (Å²) in [5.41, 5.74) is 5.22. The molecule has 0 aliphatic carbocycles. The zero-order chi connectivity index (χ0) is 14.3. The summed E-state index contributed by atoms with van der Waals surface area (Å²) < 4.78 is 0. The molecule has 0 bridgehead atoms. The smallest absolute Gasteiger partial charge is 0.327 e. The number of amides is 3. The molecule has 0 saturated heterocycles. The number of nitrogens with two attached hydrogens (primary N) is 1. The van der Waals surface area contributed by atoms with E-state index < -0.39 is 23.9 Å². The number of aromatic nitrogens is 2. The average molecular weight is 267 g/mol. The molecule has 0 aliphatic heterocycles. The Balaban J connectivity index is 2.32. The van der Waals surface area contributed by atoms with Crippen LogP contribution in [-0.4, -0.2) is 39.0 Å². The van der Waals surface area contributed by atoms with Gasteiger partial charge in [0.15, 0.2) is 5.82 Å². The van der Waals surface area contributed by atoms with Crippen LogP contribution in [0, 0.1) is 0 Å². The number of imide groups is 1. The van der Waals surface area contributed by atoms with Crippen LogP contribution in [0.1, 0.15) is 12.8 Å². The molecule has 0 saturated carbocycles. The molecule has 3 amide bonds. The van der Waals surface area contributed by atoms with Gasteiger partial charge in [0.25, 0.3) is 0 Å². The molecule has 1 aromatic rings. The maximum Gasteiger partial charge on any atom is 0.327 e. The number of carbonyl (C=O) groups is 3. The molecule has 0 aliphatic rings. The van der Waals surface area contributed by atoms with Gasteiger partial charge in [-0.3, -0.25) is 25.2 Å². The highest BCUT2D eigenvalue weighted by Gasteiger charge is 2.15. The van der Waals surface area contributed by atoms with Gasteiger partial charge in [-0.2, -0.15) is 0 Å². The second-order valence-corrected chi connectivity index (χ2v) is 3.58. The normalized spacial score (nSPS) is 11.4. The number of carboxylic acid groups (broad SMARTS) is 1. The molecular formula is C10H13N5O4. The molecule has 0 spiro atoms. The summed E-state index contributed by atoms with van der Waals surface area (Å²) in [5.74, 6) is -1.63. The molecule has 102 valence electrons. The van der Waals surface area contributed by atoms with Crippen molar-refractivity contribution in [2.75, 3.05) is 5.32 Å². The van der Waals surface area contributed by atoms with Crippen molar-refractivity contribution in [3.63, 3.8) is 0 Å². The fraction of sp³-hybridized carbons (Fsp3) is 0.300. The van der Waals surface area contributed by atoms with Crippen LogP contribution in [0.5, 0.6) is 0 Å². The summed E-state index contributed by atoms with van der Waals surface area (Å²) in [7, 11) is 0. The quantitative estimate of drug-likeness (QED) is 0.552. The van der Waals surface area contributed by atoms with Crippen molar-refractivity contribution in [1.29, 1.82) is 0 Å². The maximum atomic E-state index is 11.3. The lowest BCUT2D eigenvalue weighted by Gasteiger charge is -2.07. The molecule has 5 N–H and O–H groups in total. The van der Waals surface area contributed by atoms with Gasteiger partial charge in [0.2, 0.25) is 5.91 Å². The molecule has 0 aromatic carbocycles. The van der Waals surface area contributed by atoms with E-state index in [-0.39, 0.29) is 18.7 Å². The van der Waals surface area contributed by atoms with Crippen LogP contribution in [0.4, 0.5) is 10.6 Å². The number of rotatable bonds is 5. The fourth-order valence-corrected chi connectivity index (χ4v) is 1.11. The number of hydrogen-bond donors (Lipinski definition) is 4. The molecular weight excluding hydrogens is 254 g/mol. The molecule has 0 radical (unpaired) electrons. The number of anilines is 1. The van der Waals surface area contributed by atoms with Gasteiger partial charge in [0.1, 0.15) is 6.04 Å². The third-order valence-corrected chi connectivity index (χ3v) is 2.06. The molecule has 1 unspecified atom stereocenters. The van der Waals surface area contributed by atoms with Crippen molar-refractivity contribution >= 4 is 23.7 Å². The monoisotopic (exact) mass is 267 g/mol. The van der Waals surface area contributed by atoms with E-state index in [1.165, 1.54) is 18.6 Å². The molecule has 9 nitrogen and oxygen atoms in total. The Hall–Kier alpha value is -2.55. The lowest BCUT2D eigenvalue weighted by atomic mass is 10.1. The minimum Gasteiger partial charge on any atom is -0.480 e. The van der Waals surface area contributed by atoms with Crippen molar-refractivity contribution in [1.82, 2.24) is 15.3 Å².